The summed E-state index contributed by atoms with van der Waals surface area (Å²) in [6.45, 7) is 21.2. The minimum atomic E-state index is -0.874. The van der Waals surface area contributed by atoms with E-state index in [-0.39, 0.29) is 22.9 Å². The van der Waals surface area contributed by atoms with Crippen LogP contribution in [0.1, 0.15) is 151 Å². The highest BCUT2D eigenvalue weighted by molar-refractivity contribution is 6.33. The van der Waals surface area contributed by atoms with Crippen LogP contribution in [0.2, 0.25) is 5.15 Å². The third-order valence-electron chi connectivity index (χ3n) is 15.9. The molecular weight excluding hydrogens is 942 g/mol. The molecule has 4 fully saturated rings. The Balaban J connectivity index is 0.000000202. The summed E-state index contributed by atoms with van der Waals surface area (Å²) in [5.41, 5.74) is 0.164. The molecule has 16 heteroatoms. The molecule has 2 unspecified atom stereocenters. The van der Waals surface area contributed by atoms with Crippen LogP contribution < -0.4 is 27.5 Å². The maximum atomic E-state index is 13.7. The van der Waals surface area contributed by atoms with Crippen LogP contribution in [0.3, 0.4) is 0 Å². The molecule has 2 saturated heterocycles. The molecule has 2 aromatic carbocycles. The van der Waals surface area contributed by atoms with Crippen LogP contribution >= 0.6 is 11.6 Å². The van der Waals surface area contributed by atoms with Gasteiger partial charge in [0.15, 0.2) is 0 Å². The molecule has 15 nitrogen and oxygen atoms in total. The van der Waals surface area contributed by atoms with E-state index in [1.165, 1.54) is 25.7 Å². The van der Waals surface area contributed by atoms with Crippen molar-refractivity contribution >= 4 is 51.2 Å². The number of piperidine rings is 2. The molecule has 0 spiro atoms. The summed E-state index contributed by atoms with van der Waals surface area (Å²) in [7, 11) is 0. The molecule has 0 radical (unpaired) electrons. The van der Waals surface area contributed by atoms with Crippen LogP contribution in [0.4, 0.5) is 5.82 Å². The van der Waals surface area contributed by atoms with Gasteiger partial charge < -0.3 is 34.6 Å². The summed E-state index contributed by atoms with van der Waals surface area (Å²) in [6.07, 6.45) is 15.9. The second kappa shape index (κ2) is 25.7. The molecule has 2 amide bonds. The van der Waals surface area contributed by atoms with Gasteiger partial charge in [-0.25, -0.2) is 9.59 Å². The van der Waals surface area contributed by atoms with Crippen LogP contribution in [-0.4, -0.2) is 88.0 Å². The molecule has 2 saturated carbocycles. The number of nitriles is 2. The lowest BCUT2D eigenvalue weighted by molar-refractivity contribution is -0.127. The van der Waals surface area contributed by atoms with E-state index >= 15 is 0 Å². The number of hydrogen-bond acceptors (Lipinski definition) is 13. The van der Waals surface area contributed by atoms with Gasteiger partial charge in [0.2, 0.25) is 11.8 Å². The Bertz CT molecular complexity index is 2650. The predicted molar refractivity (Wildman–Crippen MR) is 288 cm³/mol. The van der Waals surface area contributed by atoms with Gasteiger partial charge in [0, 0.05) is 32.1 Å². The Labute approximate surface area is 437 Å². The summed E-state index contributed by atoms with van der Waals surface area (Å²) in [6, 6.07) is 18.4. The summed E-state index contributed by atoms with van der Waals surface area (Å²) in [5.74, 6) is -0.0904. The number of likely N-dealkylation sites (tertiary alicyclic amines) is 2. The van der Waals surface area contributed by atoms with E-state index in [9.17, 15) is 29.7 Å². The van der Waals surface area contributed by atoms with Crippen molar-refractivity contribution in [3.05, 3.63) is 74.8 Å². The Morgan fingerprint density at radius 3 is 1.58 bits per heavy atom. The van der Waals surface area contributed by atoms with Crippen molar-refractivity contribution < 1.29 is 18.4 Å². The Hall–Kier alpha value is -5.35. The van der Waals surface area contributed by atoms with E-state index in [1.807, 2.05) is 19.1 Å². The van der Waals surface area contributed by atoms with Gasteiger partial charge >= 0.3 is 11.5 Å². The largest absolute Gasteiger partial charge is 0.441 e. The number of rotatable bonds is 14. The number of para-hydroxylation sites is 2. The van der Waals surface area contributed by atoms with E-state index in [0.29, 0.717) is 69.7 Å². The molecular formula is C57H80ClN9O6. The van der Waals surface area contributed by atoms with Crippen LogP contribution in [0, 0.1) is 51.2 Å². The molecule has 2 aliphatic carbocycles. The van der Waals surface area contributed by atoms with Gasteiger partial charge in [0.25, 0.3) is 0 Å². The van der Waals surface area contributed by atoms with Crippen molar-refractivity contribution in [2.24, 2.45) is 28.6 Å². The smallest absolute Gasteiger partial charge is 0.408 e. The molecule has 4 aliphatic rings. The van der Waals surface area contributed by atoms with Crippen LogP contribution in [0.5, 0.6) is 0 Å². The number of amides is 2. The molecule has 4 heterocycles. The minimum Gasteiger partial charge on any atom is -0.408 e. The summed E-state index contributed by atoms with van der Waals surface area (Å²) in [4.78, 5) is 61.6. The molecule has 2 aliphatic heterocycles. The first-order valence-corrected chi connectivity index (χ1v) is 27.3. The number of fused-ring (bicyclic) bond motifs is 2. The SMILES string of the molecule is CCCN1CCC(C#N)(NC(=O)C(C)CC2CCC(C)(C)CC2)CC1.CCCN1CCC(C#N)(NC(=O)C(CC2CCC(C)(C)CC2)Nc2nc(=O)oc3ccccc23)CC1.O=c1nc(Cl)c2ccccc2o1. The lowest BCUT2D eigenvalue weighted by atomic mass is 9.71. The number of benzene rings is 2. The number of nitrogens with zero attached hydrogens (tertiary/aromatic N) is 6. The van der Waals surface area contributed by atoms with E-state index < -0.39 is 28.6 Å². The van der Waals surface area contributed by atoms with Crippen molar-refractivity contribution in [1.82, 2.24) is 30.4 Å². The molecule has 8 rings (SSSR count). The number of nitrogens with one attached hydrogen (secondary N) is 3. The van der Waals surface area contributed by atoms with Gasteiger partial charge in [-0.3, -0.25) is 9.59 Å². The zero-order valence-corrected chi connectivity index (χ0v) is 45.3. The first-order valence-electron chi connectivity index (χ1n) is 26.9. The average molecular weight is 1020 g/mol. The predicted octanol–water partition coefficient (Wildman–Crippen LogP) is 10.4. The molecule has 4 aromatic rings. The Morgan fingerprint density at radius 2 is 1.10 bits per heavy atom. The molecule has 2 atom stereocenters. The van der Waals surface area contributed by atoms with E-state index in [4.69, 9.17) is 20.4 Å². The highest BCUT2D eigenvalue weighted by Crippen LogP contribution is 2.41. The first kappa shape index (κ1) is 56.9. The second-order valence-corrected chi connectivity index (χ2v) is 23.3. The third kappa shape index (κ3) is 16.3. The Kier molecular flexibility index (Phi) is 20.1. The number of carbonyl (C=O) groups excluding carboxylic acids is 2. The van der Waals surface area contributed by atoms with Gasteiger partial charge in [-0.2, -0.15) is 20.5 Å². The standard InChI is InChI=1S/C28H39N5O3.C21H37N3O.C8H4ClNO2/c1-4-15-33-16-13-28(19-29,14-17-33)32-25(34)22(18-20-9-11-27(2,3)12-10-20)30-24-21-7-5-6-8-23(21)36-26(35)31-24;1-5-12-24-13-10-21(16-22,11-14-24)23-19(25)17(2)15-18-6-8-20(3,4)9-7-18;9-7-5-3-1-2-4-6(5)12-8(11)10-7/h5-8,20,22H,4,9-18H2,1-3H3,(H,32,34)(H,30,31,35);17-18H,5-15H2,1-4H3,(H,23,25);1-4H. The van der Waals surface area contributed by atoms with Crippen molar-refractivity contribution in [2.45, 2.75) is 168 Å². The molecule has 0 bridgehead atoms. The van der Waals surface area contributed by atoms with E-state index in [1.54, 1.807) is 36.4 Å². The van der Waals surface area contributed by atoms with Gasteiger partial charge in [0.1, 0.15) is 39.3 Å². The lowest BCUT2D eigenvalue weighted by Crippen LogP contribution is -2.57. The summed E-state index contributed by atoms with van der Waals surface area (Å²) < 4.78 is 10.0. The van der Waals surface area contributed by atoms with Crippen molar-refractivity contribution in [2.75, 3.05) is 44.6 Å². The number of aromatic nitrogens is 2. The second-order valence-electron chi connectivity index (χ2n) is 22.9. The van der Waals surface area contributed by atoms with Gasteiger partial charge in [-0.15, -0.1) is 0 Å². The molecule has 2 aromatic heterocycles. The zero-order valence-electron chi connectivity index (χ0n) is 44.5. The average Bonchev–Trinajstić information content (AvgIpc) is 3.36. The Morgan fingerprint density at radius 1 is 0.671 bits per heavy atom. The van der Waals surface area contributed by atoms with Crippen molar-refractivity contribution in [3.8, 4) is 12.1 Å². The normalized spacial score (nSPS) is 20.6. The first-order chi connectivity index (χ1) is 34.8. The molecule has 396 valence electrons. The van der Waals surface area contributed by atoms with Gasteiger partial charge in [0.05, 0.1) is 22.9 Å². The number of halogens is 1. The number of anilines is 1. The summed E-state index contributed by atoms with van der Waals surface area (Å²) >= 11 is 5.69. The fourth-order valence-corrected chi connectivity index (χ4v) is 11.2. The fourth-order valence-electron chi connectivity index (χ4n) is 11.0. The quantitative estimate of drug-likeness (QED) is 0.107. The van der Waals surface area contributed by atoms with Gasteiger partial charge in [-0.05, 0) is 163 Å². The van der Waals surface area contributed by atoms with Gasteiger partial charge in [-0.1, -0.05) is 84.3 Å². The summed E-state index contributed by atoms with van der Waals surface area (Å²) in [5, 5.41) is 30.8. The van der Waals surface area contributed by atoms with E-state index in [0.717, 1.165) is 97.1 Å². The molecule has 3 N–H and O–H groups in total. The number of hydrogen-bond donors (Lipinski definition) is 3. The minimum absolute atomic E-state index is 0.00473. The molecule has 73 heavy (non-hydrogen) atoms. The topological polar surface area (TPSA) is 210 Å². The van der Waals surface area contributed by atoms with E-state index in [2.05, 4.69) is 89.4 Å². The monoisotopic (exact) mass is 1020 g/mol. The van der Waals surface area contributed by atoms with Crippen molar-refractivity contribution in [1.29, 1.82) is 10.5 Å². The maximum absolute atomic E-state index is 13.7. The number of carbonyl (C=O) groups is 2. The van der Waals surface area contributed by atoms with Crippen LogP contribution in [0.15, 0.2) is 67.0 Å². The maximum Gasteiger partial charge on any atom is 0.441 e. The fraction of sp³-hybridized carbons (Fsp3) is 0.649. The van der Waals surface area contributed by atoms with Crippen LogP contribution in [-0.2, 0) is 9.59 Å². The van der Waals surface area contributed by atoms with Crippen molar-refractivity contribution in [3.63, 3.8) is 0 Å². The zero-order chi connectivity index (χ0) is 52.8. The highest BCUT2D eigenvalue weighted by atomic mass is 35.5. The lowest BCUT2D eigenvalue weighted by Gasteiger charge is -2.39. The van der Waals surface area contributed by atoms with Crippen LogP contribution in [0.25, 0.3) is 21.9 Å². The third-order valence-corrected chi connectivity index (χ3v) is 16.2. The highest BCUT2D eigenvalue weighted by Gasteiger charge is 2.40.